The van der Waals surface area contributed by atoms with Crippen LogP contribution in [0, 0.1) is 0 Å². The highest BCUT2D eigenvalue weighted by Gasteiger charge is 2.36. The number of benzene rings is 2. The van der Waals surface area contributed by atoms with E-state index in [1.165, 1.54) is 6.08 Å². The van der Waals surface area contributed by atoms with E-state index in [0.717, 1.165) is 16.7 Å². The Morgan fingerprint density at radius 1 is 1.00 bits per heavy atom. The maximum absolute atomic E-state index is 12.8. The van der Waals surface area contributed by atoms with Crippen LogP contribution in [0.25, 0.3) is 17.4 Å². The van der Waals surface area contributed by atoms with Crippen LogP contribution in [0.15, 0.2) is 63.9 Å². The van der Waals surface area contributed by atoms with Crippen molar-refractivity contribution in [1.29, 1.82) is 0 Å². The van der Waals surface area contributed by atoms with Crippen LogP contribution in [-0.2, 0) is 4.79 Å². The SMILES string of the molecule is COc1ccc(N2C(=O)S/C(=C/c3ccc(-c4c(Cl)cccc4Cl)o3)C2=O)cc1. The van der Waals surface area contributed by atoms with Crippen molar-refractivity contribution in [2.75, 3.05) is 12.0 Å². The van der Waals surface area contributed by atoms with Gasteiger partial charge in [-0.15, -0.1) is 0 Å². The molecule has 1 aliphatic heterocycles. The van der Waals surface area contributed by atoms with Gasteiger partial charge in [0.2, 0.25) is 0 Å². The number of carbonyl (C=O) groups excluding carboxylic acids is 2. The van der Waals surface area contributed by atoms with Crippen molar-refractivity contribution in [1.82, 2.24) is 0 Å². The summed E-state index contributed by atoms with van der Waals surface area (Å²) in [7, 11) is 1.55. The van der Waals surface area contributed by atoms with Gasteiger partial charge < -0.3 is 9.15 Å². The van der Waals surface area contributed by atoms with Crippen LogP contribution >= 0.6 is 35.0 Å². The second kappa shape index (κ2) is 7.99. The smallest absolute Gasteiger partial charge is 0.298 e. The fourth-order valence-electron chi connectivity index (χ4n) is 2.85. The summed E-state index contributed by atoms with van der Waals surface area (Å²) in [4.78, 5) is 26.5. The molecule has 146 valence electrons. The lowest BCUT2D eigenvalue weighted by Crippen LogP contribution is -2.27. The minimum absolute atomic E-state index is 0.261. The molecule has 0 bridgehead atoms. The molecule has 4 rings (SSSR count). The van der Waals surface area contributed by atoms with Gasteiger partial charge in [-0.2, -0.15) is 0 Å². The van der Waals surface area contributed by atoms with E-state index in [4.69, 9.17) is 32.4 Å². The topological polar surface area (TPSA) is 59.8 Å². The van der Waals surface area contributed by atoms with Crippen LogP contribution in [-0.4, -0.2) is 18.3 Å². The number of rotatable bonds is 4. The van der Waals surface area contributed by atoms with Crippen LogP contribution < -0.4 is 9.64 Å². The van der Waals surface area contributed by atoms with E-state index < -0.39 is 5.91 Å². The Hall–Kier alpha value is -2.67. The Balaban J connectivity index is 1.62. The van der Waals surface area contributed by atoms with Gasteiger partial charge in [-0.05, 0) is 60.3 Å². The molecule has 0 aliphatic carbocycles. The number of amides is 2. The van der Waals surface area contributed by atoms with Crippen molar-refractivity contribution in [3.05, 3.63) is 75.3 Å². The third kappa shape index (κ3) is 3.79. The second-order valence-corrected chi connectivity index (χ2v) is 7.82. The summed E-state index contributed by atoms with van der Waals surface area (Å²) in [5, 5.41) is 0.531. The average molecular weight is 446 g/mol. The number of anilines is 1. The molecule has 1 saturated heterocycles. The van der Waals surface area contributed by atoms with Crippen molar-refractivity contribution in [2.45, 2.75) is 0 Å². The van der Waals surface area contributed by atoms with Crippen molar-refractivity contribution in [2.24, 2.45) is 0 Å². The summed E-state index contributed by atoms with van der Waals surface area (Å²) in [5.74, 6) is 1.11. The van der Waals surface area contributed by atoms with E-state index in [1.807, 2.05) is 0 Å². The lowest BCUT2D eigenvalue weighted by molar-refractivity contribution is -0.113. The lowest BCUT2D eigenvalue weighted by Gasteiger charge is -2.12. The van der Waals surface area contributed by atoms with Crippen LogP contribution in [0.5, 0.6) is 5.75 Å². The van der Waals surface area contributed by atoms with Gasteiger partial charge in [-0.1, -0.05) is 29.3 Å². The number of furan rings is 1. The summed E-state index contributed by atoms with van der Waals surface area (Å²) in [5.41, 5.74) is 1.04. The quantitative estimate of drug-likeness (QED) is 0.428. The van der Waals surface area contributed by atoms with Gasteiger partial charge in [-0.25, -0.2) is 4.90 Å². The number of hydrogen-bond donors (Lipinski definition) is 0. The van der Waals surface area contributed by atoms with Crippen LogP contribution in [0.4, 0.5) is 10.5 Å². The van der Waals surface area contributed by atoms with Crippen LogP contribution in [0.1, 0.15) is 5.76 Å². The van der Waals surface area contributed by atoms with Crippen molar-refractivity contribution < 1.29 is 18.7 Å². The molecule has 2 amide bonds. The Morgan fingerprint density at radius 2 is 1.69 bits per heavy atom. The number of nitrogens with zero attached hydrogens (tertiary/aromatic N) is 1. The molecule has 3 aromatic rings. The lowest BCUT2D eigenvalue weighted by atomic mass is 10.2. The third-order valence-corrected chi connectivity index (χ3v) is 5.73. The predicted octanol–water partition coefficient (Wildman–Crippen LogP) is 6.50. The van der Waals surface area contributed by atoms with E-state index in [2.05, 4.69) is 0 Å². The normalized spacial score (nSPS) is 15.4. The van der Waals surface area contributed by atoms with E-state index in [-0.39, 0.29) is 10.1 Å². The van der Waals surface area contributed by atoms with Gasteiger partial charge >= 0.3 is 0 Å². The third-order valence-electron chi connectivity index (χ3n) is 4.23. The predicted molar refractivity (Wildman–Crippen MR) is 116 cm³/mol. The van der Waals surface area contributed by atoms with E-state index >= 15 is 0 Å². The van der Waals surface area contributed by atoms with Crippen molar-refractivity contribution in [3.8, 4) is 17.1 Å². The average Bonchev–Trinajstić information content (AvgIpc) is 3.26. The summed E-state index contributed by atoms with van der Waals surface area (Å²) < 4.78 is 10.9. The standard InChI is InChI=1S/C21H13Cl2NO4S/c1-27-13-7-5-12(6-8-13)24-20(25)18(29-21(24)26)11-14-9-10-17(28-14)19-15(22)3-2-4-16(19)23/h2-11H,1H3/b18-11+. The molecule has 1 fully saturated rings. The highest BCUT2D eigenvalue weighted by atomic mass is 35.5. The van der Waals surface area contributed by atoms with Crippen LogP contribution in [0.3, 0.4) is 0 Å². The first-order chi connectivity index (χ1) is 14.0. The van der Waals surface area contributed by atoms with Crippen LogP contribution in [0.2, 0.25) is 10.0 Å². The first kappa shape index (κ1) is 19.6. The number of carbonyl (C=O) groups is 2. The molecule has 0 N–H and O–H groups in total. The van der Waals surface area contributed by atoms with E-state index in [0.29, 0.717) is 38.6 Å². The first-order valence-corrected chi connectivity index (χ1v) is 10.0. The largest absolute Gasteiger partial charge is 0.497 e. The highest BCUT2D eigenvalue weighted by molar-refractivity contribution is 8.19. The number of ether oxygens (including phenoxy) is 1. The van der Waals surface area contributed by atoms with E-state index in [9.17, 15) is 9.59 Å². The molecular weight excluding hydrogens is 433 g/mol. The van der Waals surface area contributed by atoms with Gasteiger partial charge in [0.05, 0.1) is 33.3 Å². The fraction of sp³-hybridized carbons (Fsp3) is 0.0476. The van der Waals surface area contributed by atoms with E-state index in [1.54, 1.807) is 61.7 Å². The Morgan fingerprint density at radius 3 is 2.34 bits per heavy atom. The van der Waals surface area contributed by atoms with Gasteiger partial charge in [0.1, 0.15) is 17.3 Å². The Bertz CT molecular complexity index is 1120. The van der Waals surface area contributed by atoms with Gasteiger partial charge in [0.15, 0.2) is 0 Å². The Labute approximate surface area is 180 Å². The number of thioether (sulfide) groups is 1. The number of halogens is 2. The zero-order valence-corrected chi connectivity index (χ0v) is 17.3. The maximum atomic E-state index is 12.8. The summed E-state index contributed by atoms with van der Waals surface area (Å²) in [6, 6.07) is 15.3. The van der Waals surface area contributed by atoms with Gasteiger partial charge in [0.25, 0.3) is 11.1 Å². The number of imide groups is 1. The summed E-state index contributed by atoms with van der Waals surface area (Å²) in [6.07, 6.45) is 1.53. The molecule has 8 heteroatoms. The molecule has 0 spiro atoms. The molecule has 0 unspecified atom stereocenters. The fourth-order valence-corrected chi connectivity index (χ4v) is 4.25. The molecule has 0 atom stereocenters. The molecular formula is C21H13Cl2NO4S. The second-order valence-electron chi connectivity index (χ2n) is 6.01. The molecule has 2 aromatic carbocycles. The van der Waals surface area contributed by atoms with Crippen molar-refractivity contribution >= 4 is 57.9 Å². The molecule has 1 aromatic heterocycles. The first-order valence-electron chi connectivity index (χ1n) is 8.44. The van der Waals surface area contributed by atoms with Gasteiger partial charge in [-0.3, -0.25) is 9.59 Å². The molecule has 29 heavy (non-hydrogen) atoms. The minimum Gasteiger partial charge on any atom is -0.497 e. The zero-order valence-electron chi connectivity index (χ0n) is 15.0. The molecule has 0 saturated carbocycles. The van der Waals surface area contributed by atoms with Gasteiger partial charge in [0, 0.05) is 6.08 Å². The highest BCUT2D eigenvalue weighted by Crippen LogP contribution is 2.38. The summed E-state index contributed by atoms with van der Waals surface area (Å²) in [6.45, 7) is 0. The Kier molecular flexibility index (Phi) is 5.41. The molecule has 0 radical (unpaired) electrons. The molecule has 2 heterocycles. The number of methoxy groups -OCH3 is 1. The number of hydrogen-bond acceptors (Lipinski definition) is 5. The van der Waals surface area contributed by atoms with Crippen molar-refractivity contribution in [3.63, 3.8) is 0 Å². The summed E-state index contributed by atoms with van der Waals surface area (Å²) >= 11 is 13.3. The monoisotopic (exact) mass is 445 g/mol. The zero-order chi connectivity index (χ0) is 20.5. The molecule has 5 nitrogen and oxygen atoms in total. The maximum Gasteiger partial charge on any atom is 0.298 e. The minimum atomic E-state index is -0.418. The molecule has 1 aliphatic rings.